The third kappa shape index (κ3) is 3.68. The number of carboxylic acids is 1. The van der Waals surface area contributed by atoms with E-state index in [9.17, 15) is 9.59 Å². The Kier molecular flexibility index (Phi) is 4.79. The Morgan fingerprint density at radius 2 is 2.05 bits per heavy atom. The average molecular weight is 373 g/mol. The maximum absolute atomic E-state index is 12.0. The first-order valence-electron chi connectivity index (χ1n) is 6.33. The topological polar surface area (TPSA) is 66.4 Å². The number of carbonyl (C=O) groups is 2. The first kappa shape index (κ1) is 14.3. The standard InChI is InChI=1S/C14H16INO3/c15-11-6-2-1-4-9(11)8-13(17)16-12-7-3-5-10(12)14(18)19/h1-2,4,6,10,12H,3,5,7-8H2,(H,16,17)(H,18,19)/t10-,12+/m1/s1. The molecule has 102 valence electrons. The van der Waals surface area contributed by atoms with Gasteiger partial charge in [0.05, 0.1) is 12.3 Å². The van der Waals surface area contributed by atoms with Gasteiger partial charge in [-0.05, 0) is 47.1 Å². The van der Waals surface area contributed by atoms with Crippen LogP contribution in [0.25, 0.3) is 0 Å². The van der Waals surface area contributed by atoms with Crippen LogP contribution in [-0.2, 0) is 16.0 Å². The zero-order chi connectivity index (χ0) is 13.8. The van der Waals surface area contributed by atoms with Gasteiger partial charge < -0.3 is 10.4 Å². The highest BCUT2D eigenvalue weighted by atomic mass is 127. The number of aliphatic carboxylic acids is 1. The third-order valence-electron chi connectivity index (χ3n) is 3.49. The van der Waals surface area contributed by atoms with Crippen molar-refractivity contribution in [2.75, 3.05) is 0 Å². The van der Waals surface area contributed by atoms with E-state index < -0.39 is 11.9 Å². The van der Waals surface area contributed by atoms with E-state index in [0.29, 0.717) is 12.8 Å². The van der Waals surface area contributed by atoms with E-state index in [1.165, 1.54) is 0 Å². The zero-order valence-corrected chi connectivity index (χ0v) is 12.6. The Morgan fingerprint density at radius 3 is 2.74 bits per heavy atom. The maximum atomic E-state index is 12.0. The monoisotopic (exact) mass is 373 g/mol. The summed E-state index contributed by atoms with van der Waals surface area (Å²) in [6.45, 7) is 0. The molecule has 0 aromatic heterocycles. The van der Waals surface area contributed by atoms with Gasteiger partial charge in [0.25, 0.3) is 0 Å². The molecule has 4 nitrogen and oxygen atoms in total. The van der Waals surface area contributed by atoms with Crippen LogP contribution in [-0.4, -0.2) is 23.0 Å². The van der Waals surface area contributed by atoms with Gasteiger partial charge in [-0.2, -0.15) is 0 Å². The van der Waals surface area contributed by atoms with Crippen molar-refractivity contribution in [3.63, 3.8) is 0 Å². The fourth-order valence-electron chi connectivity index (χ4n) is 2.50. The molecule has 2 rings (SSSR count). The van der Waals surface area contributed by atoms with Crippen molar-refractivity contribution in [1.82, 2.24) is 5.32 Å². The molecule has 1 saturated carbocycles. The fourth-order valence-corrected chi connectivity index (χ4v) is 3.08. The molecule has 0 heterocycles. The normalized spacial score (nSPS) is 22.2. The highest BCUT2D eigenvalue weighted by Gasteiger charge is 2.33. The highest BCUT2D eigenvalue weighted by molar-refractivity contribution is 14.1. The van der Waals surface area contributed by atoms with Crippen LogP contribution >= 0.6 is 22.6 Å². The number of rotatable bonds is 4. The Labute approximate surface area is 125 Å². The Hall–Kier alpha value is -1.11. The summed E-state index contributed by atoms with van der Waals surface area (Å²) < 4.78 is 1.05. The van der Waals surface area contributed by atoms with E-state index in [-0.39, 0.29) is 11.9 Å². The van der Waals surface area contributed by atoms with Crippen molar-refractivity contribution in [3.05, 3.63) is 33.4 Å². The molecule has 0 spiro atoms. The molecule has 1 amide bonds. The predicted octanol–water partition coefficient (Wildman–Crippen LogP) is 2.20. The number of amides is 1. The van der Waals surface area contributed by atoms with E-state index in [1.807, 2.05) is 24.3 Å². The molecular formula is C14H16INO3. The van der Waals surface area contributed by atoms with Crippen molar-refractivity contribution >= 4 is 34.5 Å². The highest BCUT2D eigenvalue weighted by Crippen LogP contribution is 2.26. The van der Waals surface area contributed by atoms with Crippen LogP contribution in [0.3, 0.4) is 0 Å². The fraction of sp³-hybridized carbons (Fsp3) is 0.429. The number of hydrogen-bond acceptors (Lipinski definition) is 2. The number of hydrogen-bond donors (Lipinski definition) is 2. The SMILES string of the molecule is O=C(Cc1ccccc1I)N[C@H]1CCC[C@H]1C(=O)O. The van der Waals surface area contributed by atoms with Gasteiger partial charge in [0.2, 0.25) is 5.91 Å². The Morgan fingerprint density at radius 1 is 1.32 bits per heavy atom. The van der Waals surface area contributed by atoms with Gasteiger partial charge in [-0.1, -0.05) is 24.6 Å². The lowest BCUT2D eigenvalue weighted by molar-refractivity contribution is -0.142. The van der Waals surface area contributed by atoms with Crippen molar-refractivity contribution in [1.29, 1.82) is 0 Å². The van der Waals surface area contributed by atoms with Crippen LogP contribution in [0.4, 0.5) is 0 Å². The molecule has 1 aromatic carbocycles. The lowest BCUT2D eigenvalue weighted by atomic mass is 10.0. The summed E-state index contributed by atoms with van der Waals surface area (Å²) >= 11 is 2.20. The van der Waals surface area contributed by atoms with E-state index >= 15 is 0 Å². The Bertz CT molecular complexity index is 489. The van der Waals surface area contributed by atoms with Crippen molar-refractivity contribution < 1.29 is 14.7 Å². The molecule has 5 heteroatoms. The lowest BCUT2D eigenvalue weighted by Crippen LogP contribution is -2.40. The largest absolute Gasteiger partial charge is 0.481 e. The summed E-state index contributed by atoms with van der Waals surface area (Å²) in [5.74, 6) is -1.34. The van der Waals surface area contributed by atoms with E-state index in [2.05, 4.69) is 27.9 Å². The minimum atomic E-state index is -0.808. The van der Waals surface area contributed by atoms with Gasteiger partial charge in [0.1, 0.15) is 0 Å². The van der Waals surface area contributed by atoms with Crippen molar-refractivity contribution in [2.24, 2.45) is 5.92 Å². The van der Waals surface area contributed by atoms with Crippen molar-refractivity contribution in [2.45, 2.75) is 31.7 Å². The predicted molar refractivity (Wildman–Crippen MR) is 79.8 cm³/mol. The quantitative estimate of drug-likeness (QED) is 0.796. The second kappa shape index (κ2) is 6.36. The molecule has 0 saturated heterocycles. The Balaban J connectivity index is 1.95. The summed E-state index contributed by atoms with van der Waals surface area (Å²) in [6.07, 6.45) is 2.59. The van der Waals surface area contributed by atoms with Crippen LogP contribution in [0.15, 0.2) is 24.3 Å². The molecule has 0 radical (unpaired) electrons. The second-order valence-electron chi connectivity index (χ2n) is 4.82. The molecule has 1 aliphatic rings. The minimum Gasteiger partial charge on any atom is -0.481 e. The number of carboxylic acid groups (broad SMARTS) is 1. The van der Waals surface area contributed by atoms with Crippen LogP contribution in [0.1, 0.15) is 24.8 Å². The molecule has 0 bridgehead atoms. The van der Waals surface area contributed by atoms with Crippen LogP contribution < -0.4 is 5.32 Å². The lowest BCUT2D eigenvalue weighted by Gasteiger charge is -2.17. The average Bonchev–Trinajstić information content (AvgIpc) is 2.80. The molecule has 2 atom stereocenters. The van der Waals surface area contributed by atoms with E-state index in [4.69, 9.17) is 5.11 Å². The van der Waals surface area contributed by atoms with Gasteiger partial charge in [0.15, 0.2) is 0 Å². The summed E-state index contributed by atoms with van der Waals surface area (Å²) in [5, 5.41) is 11.9. The van der Waals surface area contributed by atoms with Crippen LogP contribution in [0, 0.1) is 9.49 Å². The molecule has 0 unspecified atom stereocenters. The zero-order valence-electron chi connectivity index (χ0n) is 10.4. The molecule has 1 aliphatic carbocycles. The smallest absolute Gasteiger partial charge is 0.308 e. The second-order valence-corrected chi connectivity index (χ2v) is 5.98. The maximum Gasteiger partial charge on any atom is 0.308 e. The van der Waals surface area contributed by atoms with Crippen LogP contribution in [0.2, 0.25) is 0 Å². The number of nitrogens with one attached hydrogen (secondary N) is 1. The molecule has 0 aliphatic heterocycles. The molecular weight excluding hydrogens is 357 g/mol. The van der Waals surface area contributed by atoms with Gasteiger partial charge in [-0.3, -0.25) is 9.59 Å². The third-order valence-corrected chi connectivity index (χ3v) is 4.54. The minimum absolute atomic E-state index is 0.0951. The first-order valence-corrected chi connectivity index (χ1v) is 7.41. The summed E-state index contributed by atoms with van der Waals surface area (Å²) in [5.41, 5.74) is 0.977. The van der Waals surface area contributed by atoms with Gasteiger partial charge in [-0.25, -0.2) is 0 Å². The summed E-state index contributed by atoms with van der Waals surface area (Å²) in [6, 6.07) is 7.50. The van der Waals surface area contributed by atoms with E-state index in [1.54, 1.807) is 0 Å². The van der Waals surface area contributed by atoms with Gasteiger partial charge >= 0.3 is 5.97 Å². The molecule has 2 N–H and O–H groups in total. The number of halogens is 1. The summed E-state index contributed by atoms with van der Waals surface area (Å²) in [7, 11) is 0. The van der Waals surface area contributed by atoms with Gasteiger partial charge in [-0.15, -0.1) is 0 Å². The number of benzene rings is 1. The van der Waals surface area contributed by atoms with E-state index in [0.717, 1.165) is 22.0 Å². The first-order chi connectivity index (χ1) is 9.08. The molecule has 1 aromatic rings. The van der Waals surface area contributed by atoms with Crippen LogP contribution in [0.5, 0.6) is 0 Å². The summed E-state index contributed by atoms with van der Waals surface area (Å²) in [4.78, 5) is 23.0. The van der Waals surface area contributed by atoms with Gasteiger partial charge in [0, 0.05) is 9.61 Å². The number of carbonyl (C=O) groups excluding carboxylic acids is 1. The van der Waals surface area contributed by atoms with Crippen molar-refractivity contribution in [3.8, 4) is 0 Å². The molecule has 19 heavy (non-hydrogen) atoms. The molecule has 1 fully saturated rings.